The lowest BCUT2D eigenvalue weighted by Crippen LogP contribution is -2.35. The molecule has 124 valence electrons. The molecule has 0 heterocycles. The second-order valence-electron chi connectivity index (χ2n) is 5.37. The molecule has 0 aliphatic rings. The molecule has 0 radical (unpaired) electrons. The Morgan fingerprint density at radius 1 is 1.41 bits per heavy atom. The smallest absolute Gasteiger partial charge is 0.324 e. The summed E-state index contributed by atoms with van der Waals surface area (Å²) in [6.45, 7) is 3.92. The Balaban J connectivity index is 3.10. The summed E-state index contributed by atoms with van der Waals surface area (Å²) in [6, 6.07) is 2.81. The second-order valence-corrected chi connectivity index (χ2v) is 7.38. The maximum Gasteiger partial charge on any atom is 0.324 e. The lowest BCUT2D eigenvalue weighted by molar-refractivity contribution is -0.390. The average Bonchev–Trinajstić information content (AvgIpc) is 2.43. The van der Waals surface area contributed by atoms with E-state index in [1.807, 2.05) is 13.8 Å². The van der Waals surface area contributed by atoms with Crippen molar-refractivity contribution in [3.63, 3.8) is 0 Å². The normalized spacial score (nSPS) is 13.6. The van der Waals surface area contributed by atoms with E-state index < -0.39 is 31.3 Å². The predicted molar refractivity (Wildman–Crippen MR) is 80.3 cm³/mol. The first-order valence-electron chi connectivity index (χ1n) is 6.73. The van der Waals surface area contributed by atoms with Crippen LogP contribution in [0.4, 0.5) is 10.1 Å². The molecule has 9 heteroatoms. The SMILES string of the molecule is CC(C)C(N)CCN(C)S(=O)(=O)c1cccc(F)c1[N+](=O)[O-]. The number of nitrogens with two attached hydrogens (primary N) is 1. The lowest BCUT2D eigenvalue weighted by atomic mass is 10.0. The number of hydrogen-bond donors (Lipinski definition) is 1. The van der Waals surface area contributed by atoms with Gasteiger partial charge in [-0.05, 0) is 24.5 Å². The summed E-state index contributed by atoms with van der Waals surface area (Å²) >= 11 is 0. The summed E-state index contributed by atoms with van der Waals surface area (Å²) in [5, 5.41) is 10.9. The van der Waals surface area contributed by atoms with Gasteiger partial charge >= 0.3 is 5.69 Å². The fourth-order valence-corrected chi connectivity index (χ4v) is 3.18. The van der Waals surface area contributed by atoms with Crippen molar-refractivity contribution in [1.82, 2.24) is 4.31 Å². The standard InChI is InChI=1S/C13H20FN3O4S/c1-9(2)11(15)7-8-16(3)22(20,21)12-6-4-5-10(14)13(12)17(18)19/h4-6,9,11H,7-8,15H2,1-3H3. The van der Waals surface area contributed by atoms with Gasteiger partial charge in [0, 0.05) is 19.6 Å². The van der Waals surface area contributed by atoms with Crippen molar-refractivity contribution in [1.29, 1.82) is 0 Å². The first kappa shape index (κ1) is 18.5. The molecule has 0 bridgehead atoms. The highest BCUT2D eigenvalue weighted by atomic mass is 32.2. The van der Waals surface area contributed by atoms with Crippen LogP contribution < -0.4 is 5.73 Å². The maximum absolute atomic E-state index is 13.6. The Morgan fingerprint density at radius 3 is 2.50 bits per heavy atom. The van der Waals surface area contributed by atoms with E-state index >= 15 is 0 Å². The fourth-order valence-electron chi connectivity index (χ4n) is 1.83. The predicted octanol–water partition coefficient (Wildman–Crippen LogP) is 1.73. The van der Waals surface area contributed by atoms with Crippen LogP contribution in [0.1, 0.15) is 20.3 Å². The number of benzene rings is 1. The molecule has 0 aliphatic heterocycles. The number of sulfonamides is 1. The Morgan fingerprint density at radius 2 is 2.00 bits per heavy atom. The molecule has 0 saturated heterocycles. The lowest BCUT2D eigenvalue weighted by Gasteiger charge is -2.21. The highest BCUT2D eigenvalue weighted by Crippen LogP contribution is 2.28. The number of nitro benzene ring substituents is 1. The summed E-state index contributed by atoms with van der Waals surface area (Å²) in [6.07, 6.45) is 0.399. The van der Waals surface area contributed by atoms with E-state index in [0.717, 1.165) is 22.5 Å². The van der Waals surface area contributed by atoms with Crippen LogP contribution in [0.15, 0.2) is 23.1 Å². The number of halogens is 1. The number of nitrogens with zero attached hydrogens (tertiary/aromatic N) is 2. The number of hydrogen-bond acceptors (Lipinski definition) is 5. The highest BCUT2D eigenvalue weighted by Gasteiger charge is 2.32. The first-order valence-corrected chi connectivity index (χ1v) is 8.17. The minimum absolute atomic E-state index is 0.0926. The Hall–Kier alpha value is -1.58. The third-order valence-electron chi connectivity index (χ3n) is 3.45. The van der Waals surface area contributed by atoms with Crippen LogP contribution in [-0.2, 0) is 10.0 Å². The molecule has 0 aliphatic carbocycles. The largest absolute Gasteiger partial charge is 0.327 e. The van der Waals surface area contributed by atoms with Crippen LogP contribution in [0.2, 0.25) is 0 Å². The molecular formula is C13H20FN3O4S. The molecule has 1 aromatic rings. The van der Waals surface area contributed by atoms with Crippen molar-refractivity contribution in [3.05, 3.63) is 34.1 Å². The minimum atomic E-state index is -4.16. The topological polar surface area (TPSA) is 107 Å². The zero-order valence-corrected chi connectivity index (χ0v) is 13.5. The van der Waals surface area contributed by atoms with Gasteiger partial charge in [0.05, 0.1) is 4.92 Å². The van der Waals surface area contributed by atoms with Crippen molar-refractivity contribution >= 4 is 15.7 Å². The Bertz CT molecular complexity index is 649. The summed E-state index contributed by atoms with van der Waals surface area (Å²) in [7, 11) is -2.87. The van der Waals surface area contributed by atoms with E-state index in [4.69, 9.17) is 5.73 Å². The van der Waals surface area contributed by atoms with E-state index in [0.29, 0.717) is 6.42 Å². The maximum atomic E-state index is 13.6. The van der Waals surface area contributed by atoms with E-state index in [9.17, 15) is 22.9 Å². The minimum Gasteiger partial charge on any atom is -0.327 e. The van der Waals surface area contributed by atoms with E-state index in [2.05, 4.69) is 0 Å². The zero-order chi connectivity index (χ0) is 17.1. The number of nitro groups is 1. The first-order chi connectivity index (χ1) is 10.1. The van der Waals surface area contributed by atoms with E-state index in [1.54, 1.807) is 0 Å². The number of para-hydroxylation sites is 1. The molecular weight excluding hydrogens is 313 g/mol. The van der Waals surface area contributed by atoms with Gasteiger partial charge in [0.2, 0.25) is 15.8 Å². The molecule has 0 saturated carbocycles. The van der Waals surface area contributed by atoms with Crippen molar-refractivity contribution < 1.29 is 17.7 Å². The highest BCUT2D eigenvalue weighted by molar-refractivity contribution is 7.89. The molecule has 0 amide bonds. The van der Waals surface area contributed by atoms with Gasteiger partial charge in [-0.15, -0.1) is 0 Å². The molecule has 1 rings (SSSR count). The Labute approximate surface area is 129 Å². The second kappa shape index (κ2) is 7.12. The molecule has 7 nitrogen and oxygen atoms in total. The van der Waals surface area contributed by atoms with Crippen LogP contribution in [-0.4, -0.2) is 37.3 Å². The summed E-state index contributed by atoms with van der Waals surface area (Å²) in [5.41, 5.74) is 4.82. The fraction of sp³-hybridized carbons (Fsp3) is 0.538. The van der Waals surface area contributed by atoms with Crippen molar-refractivity contribution in [2.45, 2.75) is 31.2 Å². The van der Waals surface area contributed by atoms with Gasteiger partial charge in [0.1, 0.15) is 0 Å². The Kier molecular flexibility index (Phi) is 5.98. The van der Waals surface area contributed by atoms with Crippen LogP contribution in [0.3, 0.4) is 0 Å². The zero-order valence-electron chi connectivity index (χ0n) is 12.7. The van der Waals surface area contributed by atoms with Crippen LogP contribution in [0.25, 0.3) is 0 Å². The third-order valence-corrected chi connectivity index (χ3v) is 5.34. The summed E-state index contributed by atoms with van der Waals surface area (Å²) < 4.78 is 39.3. The molecule has 1 atom stereocenters. The average molecular weight is 333 g/mol. The molecule has 22 heavy (non-hydrogen) atoms. The molecule has 1 unspecified atom stereocenters. The van der Waals surface area contributed by atoms with Gasteiger partial charge in [-0.25, -0.2) is 12.7 Å². The van der Waals surface area contributed by atoms with Gasteiger partial charge in [-0.2, -0.15) is 4.39 Å². The molecule has 1 aromatic carbocycles. The molecule has 0 aromatic heterocycles. The van der Waals surface area contributed by atoms with Crippen LogP contribution >= 0.6 is 0 Å². The van der Waals surface area contributed by atoms with Gasteiger partial charge in [-0.1, -0.05) is 19.9 Å². The quantitative estimate of drug-likeness (QED) is 0.604. The summed E-state index contributed by atoms with van der Waals surface area (Å²) in [4.78, 5) is 9.24. The molecule has 2 N–H and O–H groups in total. The molecule has 0 fully saturated rings. The third kappa shape index (κ3) is 3.99. The van der Waals surface area contributed by atoms with E-state index in [1.165, 1.54) is 7.05 Å². The van der Waals surface area contributed by atoms with Crippen molar-refractivity contribution in [3.8, 4) is 0 Å². The summed E-state index contributed by atoms with van der Waals surface area (Å²) in [5.74, 6) is -1.00. The van der Waals surface area contributed by atoms with Gasteiger partial charge < -0.3 is 5.73 Å². The number of rotatable bonds is 7. The van der Waals surface area contributed by atoms with Gasteiger partial charge in [-0.3, -0.25) is 10.1 Å². The molecule has 0 spiro atoms. The van der Waals surface area contributed by atoms with Crippen molar-refractivity contribution in [2.75, 3.05) is 13.6 Å². The van der Waals surface area contributed by atoms with Crippen LogP contribution in [0, 0.1) is 21.8 Å². The van der Waals surface area contributed by atoms with Gasteiger partial charge in [0.25, 0.3) is 0 Å². The monoisotopic (exact) mass is 333 g/mol. The van der Waals surface area contributed by atoms with E-state index in [-0.39, 0.29) is 18.5 Å². The van der Waals surface area contributed by atoms with Crippen LogP contribution in [0.5, 0.6) is 0 Å². The van der Waals surface area contributed by atoms with Gasteiger partial charge in [0.15, 0.2) is 4.90 Å². The van der Waals surface area contributed by atoms with Crippen molar-refractivity contribution in [2.24, 2.45) is 11.7 Å².